The normalized spacial score (nSPS) is 11.5. The molecule has 0 saturated heterocycles. The lowest BCUT2D eigenvalue weighted by atomic mass is 10.1. The number of hydrogen-bond acceptors (Lipinski definition) is 3. The van der Waals surface area contributed by atoms with Crippen LogP contribution in [-0.4, -0.2) is 22.3 Å². The van der Waals surface area contributed by atoms with Gasteiger partial charge in [-0.15, -0.1) is 11.3 Å². The van der Waals surface area contributed by atoms with Crippen molar-refractivity contribution in [1.29, 1.82) is 0 Å². The van der Waals surface area contributed by atoms with E-state index in [0.717, 1.165) is 30.1 Å². The zero-order chi connectivity index (χ0) is 18.2. The molecule has 0 aliphatic heterocycles. The molecule has 0 aliphatic carbocycles. The molecule has 3 aromatic rings. The van der Waals surface area contributed by atoms with Gasteiger partial charge in [-0.25, -0.2) is 4.99 Å². The summed E-state index contributed by atoms with van der Waals surface area (Å²) < 4.78 is 3.05. The zero-order valence-electron chi connectivity index (χ0n) is 14.7. The first-order valence-electron chi connectivity index (χ1n) is 8.54. The molecule has 2 heterocycles. The molecular weight excluding hydrogens is 410 g/mol. The second-order valence-electron chi connectivity index (χ2n) is 5.75. The Morgan fingerprint density at radius 2 is 2.08 bits per heavy atom. The average molecular weight is 432 g/mol. The van der Waals surface area contributed by atoms with E-state index >= 15 is 0 Å². The van der Waals surface area contributed by atoms with E-state index in [1.165, 1.54) is 16.0 Å². The van der Waals surface area contributed by atoms with E-state index in [2.05, 4.69) is 74.3 Å². The standard InChI is InChI=1S/C19H22BrN5S/c1-2-21-19(23-12-18-10-17(20)14-26-18)22-11-15-6-3-4-7-16(15)13-25-9-5-8-24-25/h3-10,14H,2,11-13H2,1H3,(H2,21,22,23). The van der Waals surface area contributed by atoms with Crippen molar-refractivity contribution < 1.29 is 0 Å². The van der Waals surface area contributed by atoms with Crippen LogP contribution in [0.5, 0.6) is 0 Å². The maximum Gasteiger partial charge on any atom is 0.191 e. The Morgan fingerprint density at radius 3 is 2.77 bits per heavy atom. The van der Waals surface area contributed by atoms with Gasteiger partial charge in [-0.1, -0.05) is 24.3 Å². The van der Waals surface area contributed by atoms with Crippen LogP contribution < -0.4 is 10.6 Å². The number of rotatable bonds is 7. The largest absolute Gasteiger partial charge is 0.357 e. The van der Waals surface area contributed by atoms with E-state index in [-0.39, 0.29) is 0 Å². The van der Waals surface area contributed by atoms with Crippen molar-refractivity contribution in [3.8, 4) is 0 Å². The first kappa shape index (κ1) is 18.7. The molecule has 0 fully saturated rings. The van der Waals surface area contributed by atoms with Gasteiger partial charge in [0.25, 0.3) is 0 Å². The summed E-state index contributed by atoms with van der Waals surface area (Å²) in [7, 11) is 0. The lowest BCUT2D eigenvalue weighted by Crippen LogP contribution is -2.36. The monoisotopic (exact) mass is 431 g/mol. The first-order chi connectivity index (χ1) is 12.7. The molecular formula is C19H22BrN5S. The van der Waals surface area contributed by atoms with Crippen LogP contribution in [0.4, 0.5) is 0 Å². The van der Waals surface area contributed by atoms with Crippen LogP contribution in [-0.2, 0) is 19.6 Å². The molecule has 0 amide bonds. The quantitative estimate of drug-likeness (QED) is 0.438. The lowest BCUT2D eigenvalue weighted by Gasteiger charge is -2.12. The zero-order valence-corrected chi connectivity index (χ0v) is 17.1. The van der Waals surface area contributed by atoms with E-state index in [4.69, 9.17) is 4.99 Å². The molecule has 0 unspecified atom stereocenters. The second kappa shape index (κ2) is 9.54. The molecule has 7 heteroatoms. The van der Waals surface area contributed by atoms with Crippen molar-refractivity contribution in [2.24, 2.45) is 4.99 Å². The minimum absolute atomic E-state index is 0.626. The molecule has 2 N–H and O–H groups in total. The van der Waals surface area contributed by atoms with Crippen LogP contribution in [0.3, 0.4) is 0 Å². The van der Waals surface area contributed by atoms with Gasteiger partial charge in [-0.2, -0.15) is 5.10 Å². The van der Waals surface area contributed by atoms with Gasteiger partial charge >= 0.3 is 0 Å². The summed E-state index contributed by atoms with van der Waals surface area (Å²) in [5, 5.41) is 13.1. The van der Waals surface area contributed by atoms with Gasteiger partial charge < -0.3 is 10.6 Å². The fraction of sp³-hybridized carbons (Fsp3) is 0.263. The van der Waals surface area contributed by atoms with Gasteiger partial charge in [0.15, 0.2) is 5.96 Å². The minimum atomic E-state index is 0.626. The molecule has 1 aromatic carbocycles. The maximum absolute atomic E-state index is 4.75. The summed E-state index contributed by atoms with van der Waals surface area (Å²) >= 11 is 5.22. The van der Waals surface area contributed by atoms with Crippen LogP contribution >= 0.6 is 27.3 Å². The van der Waals surface area contributed by atoms with E-state index in [0.29, 0.717) is 6.54 Å². The smallest absolute Gasteiger partial charge is 0.191 e. The number of nitrogens with one attached hydrogen (secondary N) is 2. The highest BCUT2D eigenvalue weighted by atomic mass is 79.9. The second-order valence-corrected chi connectivity index (χ2v) is 7.66. The van der Waals surface area contributed by atoms with Crippen molar-refractivity contribution in [3.05, 3.63) is 74.6 Å². The number of benzene rings is 1. The molecule has 136 valence electrons. The van der Waals surface area contributed by atoms with E-state index < -0.39 is 0 Å². The molecule has 0 spiro atoms. The summed E-state index contributed by atoms with van der Waals surface area (Å²) in [4.78, 5) is 6.02. The Balaban J connectivity index is 1.67. The molecule has 26 heavy (non-hydrogen) atoms. The fourth-order valence-electron chi connectivity index (χ4n) is 2.56. The van der Waals surface area contributed by atoms with Crippen LogP contribution in [0.2, 0.25) is 0 Å². The van der Waals surface area contributed by atoms with Crippen LogP contribution in [0.1, 0.15) is 22.9 Å². The van der Waals surface area contributed by atoms with Crippen molar-refractivity contribution >= 4 is 33.2 Å². The summed E-state index contributed by atoms with van der Waals surface area (Å²) in [6, 6.07) is 12.4. The highest BCUT2D eigenvalue weighted by molar-refractivity contribution is 9.10. The average Bonchev–Trinajstić information content (AvgIpc) is 3.30. The number of nitrogens with zero attached hydrogens (tertiary/aromatic N) is 3. The van der Waals surface area contributed by atoms with Gasteiger partial charge in [0.1, 0.15) is 0 Å². The molecule has 0 radical (unpaired) electrons. The Kier molecular flexibility index (Phi) is 6.85. The van der Waals surface area contributed by atoms with Crippen molar-refractivity contribution in [2.45, 2.75) is 26.6 Å². The molecule has 3 rings (SSSR count). The predicted octanol–water partition coefficient (Wildman–Crippen LogP) is 4.01. The highest BCUT2D eigenvalue weighted by Crippen LogP contribution is 2.19. The first-order valence-corrected chi connectivity index (χ1v) is 10.2. The summed E-state index contributed by atoms with van der Waals surface area (Å²) in [5.41, 5.74) is 2.44. The minimum Gasteiger partial charge on any atom is -0.357 e. The summed E-state index contributed by atoms with van der Waals surface area (Å²) in [6.45, 7) is 5.04. The highest BCUT2D eigenvalue weighted by Gasteiger charge is 2.05. The number of guanidine groups is 1. The summed E-state index contributed by atoms with van der Waals surface area (Å²) in [5.74, 6) is 0.825. The van der Waals surface area contributed by atoms with Crippen molar-refractivity contribution in [3.63, 3.8) is 0 Å². The maximum atomic E-state index is 4.75. The van der Waals surface area contributed by atoms with Gasteiger partial charge in [0.2, 0.25) is 0 Å². The van der Waals surface area contributed by atoms with Gasteiger partial charge in [0, 0.05) is 33.7 Å². The topological polar surface area (TPSA) is 54.2 Å². The Labute approximate surface area is 166 Å². The third-order valence-corrected chi connectivity index (χ3v) is 5.51. The van der Waals surface area contributed by atoms with E-state index in [9.17, 15) is 0 Å². The van der Waals surface area contributed by atoms with E-state index in [1.54, 1.807) is 17.5 Å². The third-order valence-electron chi connectivity index (χ3n) is 3.81. The number of aliphatic imine (C=N–C) groups is 1. The third kappa shape index (κ3) is 5.44. The van der Waals surface area contributed by atoms with Gasteiger partial charge in [-0.3, -0.25) is 4.68 Å². The number of hydrogen-bond donors (Lipinski definition) is 2. The molecule has 2 aromatic heterocycles. The predicted molar refractivity (Wildman–Crippen MR) is 111 cm³/mol. The fourth-order valence-corrected chi connectivity index (χ4v) is 3.95. The van der Waals surface area contributed by atoms with Gasteiger partial charge in [0.05, 0.1) is 19.6 Å². The Hall–Kier alpha value is -2.12. The molecule has 5 nitrogen and oxygen atoms in total. The molecule has 0 atom stereocenters. The SMILES string of the molecule is CCNC(=NCc1ccccc1Cn1cccn1)NCc1cc(Br)cs1. The van der Waals surface area contributed by atoms with Crippen molar-refractivity contribution in [2.75, 3.05) is 6.54 Å². The lowest BCUT2D eigenvalue weighted by molar-refractivity contribution is 0.680. The van der Waals surface area contributed by atoms with Crippen LogP contribution in [0, 0.1) is 0 Å². The molecule has 0 saturated carbocycles. The number of aromatic nitrogens is 2. The van der Waals surface area contributed by atoms with E-state index in [1.807, 2.05) is 16.9 Å². The number of thiophene rings is 1. The Bertz CT molecular complexity index is 841. The Morgan fingerprint density at radius 1 is 1.23 bits per heavy atom. The molecule has 0 aliphatic rings. The molecule has 0 bridgehead atoms. The summed E-state index contributed by atoms with van der Waals surface area (Å²) in [6.07, 6.45) is 3.78. The van der Waals surface area contributed by atoms with Crippen molar-refractivity contribution in [1.82, 2.24) is 20.4 Å². The van der Waals surface area contributed by atoms with Crippen LogP contribution in [0.15, 0.2) is 63.6 Å². The van der Waals surface area contributed by atoms with Gasteiger partial charge in [-0.05, 0) is 46.1 Å². The van der Waals surface area contributed by atoms with Crippen LogP contribution in [0.25, 0.3) is 0 Å². The number of halogens is 1.